The summed E-state index contributed by atoms with van der Waals surface area (Å²) in [6.07, 6.45) is 15.8. The van der Waals surface area contributed by atoms with Crippen molar-refractivity contribution >= 4 is 10.1 Å². The number of hydrogen-bond donors (Lipinski definition) is 2. The minimum atomic E-state index is -3.87. The summed E-state index contributed by atoms with van der Waals surface area (Å²) in [5, 5.41) is 8.13. The number of unbranched alkanes of at least 4 members (excludes halogenated alkanes) is 11. The number of aliphatic hydroxyl groups is 1. The standard InChI is InChI=1S/C18H38O4S/c1-2-3-15-18(23(20,21)22)16-13-11-9-7-5-4-6-8-10-12-14-17-19/h18-19H,2-17H2,1H3,(H,20,21,22). The molecule has 0 aliphatic carbocycles. The molecule has 0 aromatic carbocycles. The molecule has 0 amide bonds. The van der Waals surface area contributed by atoms with Gasteiger partial charge in [-0.15, -0.1) is 0 Å². The zero-order chi connectivity index (χ0) is 17.4. The molecule has 0 saturated carbocycles. The van der Waals surface area contributed by atoms with Gasteiger partial charge in [0.15, 0.2) is 0 Å². The van der Waals surface area contributed by atoms with Crippen molar-refractivity contribution in [2.24, 2.45) is 0 Å². The second-order valence-corrected chi connectivity index (χ2v) is 8.38. The highest BCUT2D eigenvalue weighted by molar-refractivity contribution is 7.86. The Morgan fingerprint density at radius 2 is 1.09 bits per heavy atom. The zero-order valence-electron chi connectivity index (χ0n) is 15.0. The van der Waals surface area contributed by atoms with Crippen LogP contribution in [-0.4, -0.2) is 29.9 Å². The van der Waals surface area contributed by atoms with Gasteiger partial charge in [-0.05, 0) is 19.3 Å². The molecule has 0 spiro atoms. The Morgan fingerprint density at radius 1 is 0.696 bits per heavy atom. The Labute approximate surface area is 143 Å². The average Bonchev–Trinajstić information content (AvgIpc) is 2.50. The molecular weight excluding hydrogens is 312 g/mol. The Kier molecular flexibility index (Phi) is 15.3. The molecule has 140 valence electrons. The van der Waals surface area contributed by atoms with Gasteiger partial charge >= 0.3 is 0 Å². The summed E-state index contributed by atoms with van der Waals surface area (Å²) in [5.41, 5.74) is 0. The van der Waals surface area contributed by atoms with Gasteiger partial charge in [0, 0.05) is 6.61 Å². The third kappa shape index (κ3) is 15.2. The quantitative estimate of drug-likeness (QED) is 0.282. The molecular formula is C18H38O4S. The van der Waals surface area contributed by atoms with Crippen molar-refractivity contribution in [2.75, 3.05) is 6.61 Å². The molecule has 0 fully saturated rings. The Bertz CT molecular complexity index is 341. The highest BCUT2D eigenvalue weighted by Crippen LogP contribution is 2.18. The van der Waals surface area contributed by atoms with Crippen molar-refractivity contribution in [1.29, 1.82) is 0 Å². The van der Waals surface area contributed by atoms with Crippen LogP contribution >= 0.6 is 0 Å². The van der Waals surface area contributed by atoms with Crippen LogP contribution < -0.4 is 0 Å². The van der Waals surface area contributed by atoms with Crippen molar-refractivity contribution in [3.05, 3.63) is 0 Å². The first-order valence-corrected chi connectivity index (χ1v) is 11.1. The lowest BCUT2D eigenvalue weighted by Gasteiger charge is -2.13. The van der Waals surface area contributed by atoms with Crippen LogP contribution in [0.4, 0.5) is 0 Å². The van der Waals surface area contributed by atoms with E-state index in [9.17, 15) is 13.0 Å². The third-order valence-electron chi connectivity index (χ3n) is 4.49. The minimum Gasteiger partial charge on any atom is -0.396 e. The maximum absolute atomic E-state index is 11.3. The van der Waals surface area contributed by atoms with Crippen LogP contribution in [0.3, 0.4) is 0 Å². The van der Waals surface area contributed by atoms with Crippen LogP contribution in [0.1, 0.15) is 103 Å². The molecule has 5 heteroatoms. The van der Waals surface area contributed by atoms with E-state index >= 15 is 0 Å². The second-order valence-electron chi connectivity index (χ2n) is 6.68. The van der Waals surface area contributed by atoms with E-state index in [0.717, 1.165) is 44.9 Å². The summed E-state index contributed by atoms with van der Waals surface area (Å²) in [6, 6.07) is 0. The van der Waals surface area contributed by atoms with E-state index in [1.165, 1.54) is 38.5 Å². The number of rotatable bonds is 17. The van der Waals surface area contributed by atoms with Crippen LogP contribution in [0.5, 0.6) is 0 Å². The molecule has 0 saturated heterocycles. The van der Waals surface area contributed by atoms with Gasteiger partial charge in [0.05, 0.1) is 5.25 Å². The van der Waals surface area contributed by atoms with Crippen molar-refractivity contribution in [2.45, 2.75) is 108 Å². The normalized spacial score (nSPS) is 13.3. The fraction of sp³-hybridized carbons (Fsp3) is 1.00. The summed E-state index contributed by atoms with van der Waals surface area (Å²) in [5.74, 6) is 0. The molecule has 0 aromatic rings. The van der Waals surface area contributed by atoms with Crippen LogP contribution in [0.15, 0.2) is 0 Å². The van der Waals surface area contributed by atoms with E-state index in [1.807, 2.05) is 6.92 Å². The van der Waals surface area contributed by atoms with Gasteiger partial charge in [0.25, 0.3) is 10.1 Å². The Morgan fingerprint density at radius 3 is 1.48 bits per heavy atom. The van der Waals surface area contributed by atoms with Crippen LogP contribution in [-0.2, 0) is 10.1 Å². The molecule has 1 atom stereocenters. The minimum absolute atomic E-state index is 0.316. The fourth-order valence-electron chi connectivity index (χ4n) is 2.95. The van der Waals surface area contributed by atoms with Gasteiger partial charge in [-0.1, -0.05) is 84.0 Å². The average molecular weight is 351 g/mol. The van der Waals surface area contributed by atoms with Gasteiger partial charge in [-0.3, -0.25) is 4.55 Å². The molecule has 0 aliphatic rings. The van der Waals surface area contributed by atoms with Crippen LogP contribution in [0, 0.1) is 0 Å². The maximum atomic E-state index is 11.3. The van der Waals surface area contributed by atoms with Gasteiger partial charge in [0.1, 0.15) is 0 Å². The zero-order valence-corrected chi connectivity index (χ0v) is 15.8. The fourth-order valence-corrected chi connectivity index (χ4v) is 3.88. The molecule has 2 N–H and O–H groups in total. The first kappa shape index (κ1) is 22.9. The van der Waals surface area contributed by atoms with E-state index in [-0.39, 0.29) is 0 Å². The second kappa shape index (κ2) is 15.4. The van der Waals surface area contributed by atoms with E-state index in [1.54, 1.807) is 0 Å². The topological polar surface area (TPSA) is 74.6 Å². The summed E-state index contributed by atoms with van der Waals surface area (Å²) in [7, 11) is -3.87. The third-order valence-corrected chi connectivity index (χ3v) is 5.80. The largest absolute Gasteiger partial charge is 0.396 e. The molecule has 0 aliphatic heterocycles. The number of hydrogen-bond acceptors (Lipinski definition) is 3. The van der Waals surface area contributed by atoms with Crippen molar-refractivity contribution < 1.29 is 18.1 Å². The van der Waals surface area contributed by atoms with Crippen molar-refractivity contribution in [3.8, 4) is 0 Å². The van der Waals surface area contributed by atoms with Crippen molar-refractivity contribution in [1.82, 2.24) is 0 Å². The predicted octanol–water partition coefficient (Wildman–Crippen LogP) is 5.11. The molecule has 0 bridgehead atoms. The molecule has 0 radical (unpaired) electrons. The molecule has 0 aromatic heterocycles. The Hall–Kier alpha value is -0.130. The van der Waals surface area contributed by atoms with Crippen LogP contribution in [0.25, 0.3) is 0 Å². The highest BCUT2D eigenvalue weighted by Gasteiger charge is 2.21. The molecule has 4 nitrogen and oxygen atoms in total. The highest BCUT2D eigenvalue weighted by atomic mass is 32.2. The molecule has 0 rings (SSSR count). The first-order chi connectivity index (χ1) is 11.0. The van der Waals surface area contributed by atoms with Crippen LogP contribution in [0.2, 0.25) is 0 Å². The first-order valence-electron chi connectivity index (χ1n) is 9.59. The lowest BCUT2D eigenvalue weighted by atomic mass is 10.0. The molecule has 1 unspecified atom stereocenters. The van der Waals surface area contributed by atoms with E-state index in [2.05, 4.69) is 0 Å². The van der Waals surface area contributed by atoms with Gasteiger partial charge in [-0.25, -0.2) is 0 Å². The van der Waals surface area contributed by atoms with Gasteiger partial charge < -0.3 is 5.11 Å². The SMILES string of the molecule is CCCCC(CCCCCCCCCCCCCO)S(=O)(=O)O. The molecule has 0 heterocycles. The summed E-state index contributed by atoms with van der Waals surface area (Å²) < 4.78 is 31.9. The predicted molar refractivity (Wildman–Crippen MR) is 97.4 cm³/mol. The van der Waals surface area contributed by atoms with Gasteiger partial charge in [0.2, 0.25) is 0 Å². The van der Waals surface area contributed by atoms with E-state index in [0.29, 0.717) is 19.4 Å². The number of aliphatic hydroxyl groups excluding tert-OH is 1. The smallest absolute Gasteiger partial charge is 0.267 e. The Balaban J connectivity index is 3.46. The molecule has 23 heavy (non-hydrogen) atoms. The van der Waals surface area contributed by atoms with Crippen molar-refractivity contribution in [3.63, 3.8) is 0 Å². The van der Waals surface area contributed by atoms with E-state index < -0.39 is 15.4 Å². The monoisotopic (exact) mass is 350 g/mol. The lowest BCUT2D eigenvalue weighted by molar-refractivity contribution is 0.282. The summed E-state index contributed by atoms with van der Waals surface area (Å²) in [4.78, 5) is 0. The maximum Gasteiger partial charge on any atom is 0.267 e. The lowest BCUT2D eigenvalue weighted by Crippen LogP contribution is -2.20. The summed E-state index contributed by atoms with van der Waals surface area (Å²) >= 11 is 0. The van der Waals surface area contributed by atoms with Gasteiger partial charge in [-0.2, -0.15) is 8.42 Å². The summed E-state index contributed by atoms with van der Waals surface area (Å²) in [6.45, 7) is 2.35. The van der Waals surface area contributed by atoms with E-state index in [4.69, 9.17) is 5.11 Å².